The van der Waals surface area contributed by atoms with E-state index in [1.165, 1.54) is 45.2 Å². The largest absolute Gasteiger partial charge is 0.378 e. The number of hydrogen-bond acceptors (Lipinski definition) is 4. The third-order valence-electron chi connectivity index (χ3n) is 5.87. The SMILES string of the molecule is C1CCN2CCC(NC3CCOC4(CCOC4)C3)C2C1. The highest BCUT2D eigenvalue weighted by molar-refractivity contribution is 4.98. The van der Waals surface area contributed by atoms with E-state index in [-0.39, 0.29) is 5.60 Å². The van der Waals surface area contributed by atoms with Crippen molar-refractivity contribution in [2.45, 2.75) is 68.7 Å². The fourth-order valence-electron chi connectivity index (χ4n) is 4.78. The highest BCUT2D eigenvalue weighted by Crippen LogP contribution is 2.34. The van der Waals surface area contributed by atoms with E-state index in [9.17, 15) is 0 Å². The second-order valence-corrected chi connectivity index (χ2v) is 7.18. The van der Waals surface area contributed by atoms with Gasteiger partial charge < -0.3 is 14.8 Å². The Bertz CT molecular complexity index is 343. The quantitative estimate of drug-likeness (QED) is 0.832. The molecule has 4 unspecified atom stereocenters. The van der Waals surface area contributed by atoms with Crippen LogP contribution in [0.4, 0.5) is 0 Å². The van der Waals surface area contributed by atoms with Gasteiger partial charge >= 0.3 is 0 Å². The Morgan fingerprint density at radius 3 is 2.95 bits per heavy atom. The lowest BCUT2D eigenvalue weighted by molar-refractivity contribution is -0.0907. The lowest BCUT2D eigenvalue weighted by Crippen LogP contribution is -2.53. The third-order valence-corrected chi connectivity index (χ3v) is 5.87. The summed E-state index contributed by atoms with van der Waals surface area (Å²) in [6, 6.07) is 2.16. The minimum atomic E-state index is 0.0424. The number of nitrogens with one attached hydrogen (secondary N) is 1. The maximum Gasteiger partial charge on any atom is 0.0951 e. The molecular weight excluding hydrogens is 252 g/mol. The summed E-state index contributed by atoms with van der Waals surface area (Å²) in [5.41, 5.74) is 0.0424. The average Bonchev–Trinajstić information content (AvgIpc) is 3.08. The summed E-state index contributed by atoms with van der Waals surface area (Å²) in [5, 5.41) is 3.99. The van der Waals surface area contributed by atoms with Gasteiger partial charge in [0.1, 0.15) is 0 Å². The molecule has 0 saturated carbocycles. The molecule has 1 N–H and O–H groups in total. The second kappa shape index (κ2) is 5.56. The van der Waals surface area contributed by atoms with Crippen LogP contribution in [0.5, 0.6) is 0 Å². The molecule has 0 aromatic rings. The van der Waals surface area contributed by atoms with E-state index in [0.29, 0.717) is 6.04 Å². The molecule has 1 spiro atoms. The molecule has 0 aliphatic carbocycles. The topological polar surface area (TPSA) is 33.7 Å². The van der Waals surface area contributed by atoms with Crippen LogP contribution in [0.3, 0.4) is 0 Å². The van der Waals surface area contributed by atoms with Gasteiger partial charge in [0.05, 0.1) is 12.2 Å². The molecule has 4 heteroatoms. The van der Waals surface area contributed by atoms with Crippen LogP contribution < -0.4 is 5.32 Å². The van der Waals surface area contributed by atoms with Crippen molar-refractivity contribution in [3.05, 3.63) is 0 Å². The Balaban J connectivity index is 1.36. The van der Waals surface area contributed by atoms with Gasteiger partial charge in [-0.1, -0.05) is 6.42 Å². The molecule has 0 bridgehead atoms. The summed E-state index contributed by atoms with van der Waals surface area (Å²) in [4.78, 5) is 2.72. The van der Waals surface area contributed by atoms with Crippen molar-refractivity contribution in [3.8, 4) is 0 Å². The van der Waals surface area contributed by atoms with Gasteiger partial charge in [-0.15, -0.1) is 0 Å². The first-order chi connectivity index (χ1) is 9.85. The number of rotatable bonds is 2. The molecule has 20 heavy (non-hydrogen) atoms. The summed E-state index contributed by atoms with van der Waals surface area (Å²) < 4.78 is 11.6. The monoisotopic (exact) mass is 280 g/mol. The van der Waals surface area contributed by atoms with E-state index >= 15 is 0 Å². The Hall–Kier alpha value is -0.160. The molecule has 0 aromatic carbocycles. The number of nitrogens with zero attached hydrogens (tertiary/aromatic N) is 1. The molecule has 4 atom stereocenters. The van der Waals surface area contributed by atoms with E-state index in [2.05, 4.69) is 10.2 Å². The van der Waals surface area contributed by atoms with Crippen molar-refractivity contribution in [1.82, 2.24) is 10.2 Å². The minimum Gasteiger partial charge on any atom is -0.378 e. The van der Waals surface area contributed by atoms with Crippen molar-refractivity contribution in [3.63, 3.8) is 0 Å². The van der Waals surface area contributed by atoms with Crippen LogP contribution >= 0.6 is 0 Å². The predicted octanol–water partition coefficient (Wildman–Crippen LogP) is 1.54. The van der Waals surface area contributed by atoms with Gasteiger partial charge in [0.15, 0.2) is 0 Å². The van der Waals surface area contributed by atoms with Gasteiger partial charge in [-0.3, -0.25) is 4.90 Å². The van der Waals surface area contributed by atoms with Crippen LogP contribution in [0.15, 0.2) is 0 Å². The van der Waals surface area contributed by atoms with Gasteiger partial charge in [0.25, 0.3) is 0 Å². The van der Waals surface area contributed by atoms with E-state index < -0.39 is 0 Å². The van der Waals surface area contributed by atoms with Crippen molar-refractivity contribution >= 4 is 0 Å². The van der Waals surface area contributed by atoms with Crippen molar-refractivity contribution in [1.29, 1.82) is 0 Å². The van der Waals surface area contributed by atoms with Gasteiger partial charge in [-0.2, -0.15) is 0 Å². The smallest absolute Gasteiger partial charge is 0.0951 e. The molecule has 4 aliphatic heterocycles. The third kappa shape index (κ3) is 2.52. The van der Waals surface area contributed by atoms with Gasteiger partial charge in [-0.05, 0) is 38.6 Å². The van der Waals surface area contributed by atoms with Gasteiger partial charge in [-0.25, -0.2) is 0 Å². The van der Waals surface area contributed by atoms with Crippen molar-refractivity contribution < 1.29 is 9.47 Å². The highest BCUT2D eigenvalue weighted by Gasteiger charge is 2.43. The van der Waals surface area contributed by atoms with Crippen molar-refractivity contribution in [2.75, 3.05) is 32.9 Å². The first kappa shape index (κ1) is 13.5. The lowest BCUT2D eigenvalue weighted by Gasteiger charge is -2.40. The van der Waals surface area contributed by atoms with Gasteiger partial charge in [0.2, 0.25) is 0 Å². The van der Waals surface area contributed by atoms with E-state index in [1.807, 2.05) is 0 Å². The lowest BCUT2D eigenvalue weighted by atomic mass is 9.88. The van der Waals surface area contributed by atoms with Crippen LogP contribution in [0, 0.1) is 0 Å². The molecule has 0 aromatic heterocycles. The zero-order valence-corrected chi connectivity index (χ0v) is 12.5. The predicted molar refractivity (Wildman–Crippen MR) is 77.9 cm³/mol. The van der Waals surface area contributed by atoms with Crippen LogP contribution in [-0.4, -0.2) is 61.5 Å². The number of fused-ring (bicyclic) bond motifs is 1. The second-order valence-electron chi connectivity index (χ2n) is 7.18. The van der Waals surface area contributed by atoms with Crippen LogP contribution in [0.2, 0.25) is 0 Å². The Labute approximate surface area is 122 Å². The van der Waals surface area contributed by atoms with E-state index in [0.717, 1.165) is 44.7 Å². The first-order valence-electron chi connectivity index (χ1n) is 8.57. The zero-order chi connectivity index (χ0) is 13.4. The molecule has 4 rings (SSSR count). The highest BCUT2D eigenvalue weighted by atomic mass is 16.6. The molecule has 0 radical (unpaired) electrons. The number of hydrogen-bond donors (Lipinski definition) is 1. The first-order valence-corrected chi connectivity index (χ1v) is 8.57. The molecule has 4 saturated heterocycles. The van der Waals surface area contributed by atoms with E-state index in [1.54, 1.807) is 0 Å². The maximum absolute atomic E-state index is 6.05. The molecule has 4 fully saturated rings. The standard InChI is InChI=1S/C16H28N2O2/c1-2-7-18-8-4-14(15(18)3-1)17-13-5-9-20-16(11-13)6-10-19-12-16/h13-15,17H,1-12H2. The Morgan fingerprint density at radius 1 is 1.05 bits per heavy atom. The number of piperidine rings is 1. The van der Waals surface area contributed by atoms with Crippen molar-refractivity contribution in [2.24, 2.45) is 0 Å². The summed E-state index contributed by atoms with van der Waals surface area (Å²) >= 11 is 0. The maximum atomic E-state index is 6.05. The molecule has 0 amide bonds. The molecule has 4 nitrogen and oxygen atoms in total. The van der Waals surface area contributed by atoms with Gasteiger partial charge in [0, 0.05) is 44.3 Å². The fraction of sp³-hybridized carbons (Fsp3) is 1.00. The Morgan fingerprint density at radius 2 is 2.05 bits per heavy atom. The molecule has 4 aliphatic rings. The van der Waals surface area contributed by atoms with Crippen LogP contribution in [0.1, 0.15) is 44.9 Å². The average molecular weight is 280 g/mol. The van der Waals surface area contributed by atoms with Crippen LogP contribution in [-0.2, 0) is 9.47 Å². The molecule has 4 heterocycles. The summed E-state index contributed by atoms with van der Waals surface area (Å²) in [6.07, 6.45) is 8.97. The fourth-order valence-corrected chi connectivity index (χ4v) is 4.78. The molecule has 114 valence electrons. The summed E-state index contributed by atoms with van der Waals surface area (Å²) in [5.74, 6) is 0. The molecular formula is C16H28N2O2. The number of ether oxygens (including phenoxy) is 2. The Kier molecular flexibility index (Phi) is 3.75. The van der Waals surface area contributed by atoms with Crippen LogP contribution in [0.25, 0.3) is 0 Å². The zero-order valence-electron chi connectivity index (χ0n) is 12.5. The summed E-state index contributed by atoms with van der Waals surface area (Å²) in [7, 11) is 0. The summed E-state index contributed by atoms with van der Waals surface area (Å²) in [6.45, 7) is 5.23. The van der Waals surface area contributed by atoms with E-state index in [4.69, 9.17) is 9.47 Å². The normalized spacial score (nSPS) is 45.9. The minimum absolute atomic E-state index is 0.0424.